The van der Waals surface area contributed by atoms with Gasteiger partial charge in [0.05, 0.1) is 0 Å². The van der Waals surface area contributed by atoms with Crippen molar-refractivity contribution in [1.82, 2.24) is 30.0 Å². The molecule has 108 valence electrons. The number of rotatable bonds is 5. The summed E-state index contributed by atoms with van der Waals surface area (Å²) in [5.74, 6) is -0.587. The molecule has 0 saturated heterocycles. The van der Waals surface area contributed by atoms with Gasteiger partial charge in [0.25, 0.3) is 0 Å². The van der Waals surface area contributed by atoms with Crippen molar-refractivity contribution in [2.75, 3.05) is 7.11 Å². The van der Waals surface area contributed by atoms with Gasteiger partial charge in [0.15, 0.2) is 6.10 Å². The zero-order valence-corrected chi connectivity index (χ0v) is 11.1. The lowest BCUT2D eigenvalue weighted by atomic mass is 10.1. The summed E-state index contributed by atoms with van der Waals surface area (Å²) < 4.78 is 6.72. The van der Waals surface area contributed by atoms with E-state index in [1.165, 1.54) is 7.11 Å². The molecular formula is C12H12N6O3. The Morgan fingerprint density at radius 1 is 1.48 bits per heavy atom. The van der Waals surface area contributed by atoms with Gasteiger partial charge in [-0.3, -0.25) is 0 Å². The third-order valence-corrected chi connectivity index (χ3v) is 3.07. The van der Waals surface area contributed by atoms with Gasteiger partial charge in [-0.15, -0.1) is 10.2 Å². The molecule has 0 aliphatic heterocycles. The van der Waals surface area contributed by atoms with Crippen molar-refractivity contribution in [3.05, 3.63) is 30.1 Å². The second kappa shape index (κ2) is 5.29. The van der Waals surface area contributed by atoms with Gasteiger partial charge in [0, 0.05) is 25.9 Å². The topological polar surface area (TPSA) is 118 Å². The number of aromatic nitrogens is 6. The summed E-state index contributed by atoms with van der Waals surface area (Å²) in [5, 5.41) is 22.6. The van der Waals surface area contributed by atoms with E-state index in [0.717, 1.165) is 5.56 Å². The maximum absolute atomic E-state index is 11.0. The quantitative estimate of drug-likeness (QED) is 0.686. The smallest absolute Gasteiger partial charge is 0.333 e. The van der Waals surface area contributed by atoms with Crippen LogP contribution < -0.4 is 0 Å². The number of carboxylic acid groups (broad SMARTS) is 1. The highest BCUT2D eigenvalue weighted by Crippen LogP contribution is 2.15. The predicted molar refractivity (Wildman–Crippen MR) is 70.5 cm³/mol. The molecule has 9 nitrogen and oxygen atoms in total. The molecule has 0 aliphatic carbocycles. The van der Waals surface area contributed by atoms with Crippen LogP contribution in [0.3, 0.4) is 0 Å². The third kappa shape index (κ3) is 2.58. The SMILES string of the molecule is COC(Cc1ccc2nc(-c3nn[nH]n3)cn2c1)C(=O)O. The molecule has 3 aromatic heterocycles. The molecule has 1 atom stereocenters. The summed E-state index contributed by atoms with van der Waals surface area (Å²) in [7, 11) is 1.38. The maximum atomic E-state index is 11.0. The molecule has 0 saturated carbocycles. The third-order valence-electron chi connectivity index (χ3n) is 3.07. The van der Waals surface area contributed by atoms with Crippen molar-refractivity contribution >= 4 is 11.6 Å². The largest absolute Gasteiger partial charge is 0.479 e. The van der Waals surface area contributed by atoms with Crippen LogP contribution in [0.2, 0.25) is 0 Å². The van der Waals surface area contributed by atoms with Gasteiger partial charge in [-0.05, 0) is 16.8 Å². The Kier molecular flexibility index (Phi) is 3.32. The summed E-state index contributed by atoms with van der Waals surface area (Å²) in [4.78, 5) is 15.3. The molecule has 2 N–H and O–H groups in total. The highest BCUT2D eigenvalue weighted by atomic mass is 16.5. The van der Waals surface area contributed by atoms with Gasteiger partial charge < -0.3 is 14.2 Å². The molecule has 0 radical (unpaired) electrons. The molecule has 0 aromatic carbocycles. The summed E-state index contributed by atoms with van der Waals surface area (Å²) in [6.45, 7) is 0. The van der Waals surface area contributed by atoms with Gasteiger partial charge in [0.2, 0.25) is 5.82 Å². The zero-order chi connectivity index (χ0) is 14.8. The Morgan fingerprint density at radius 3 is 3.00 bits per heavy atom. The number of carboxylic acids is 1. The zero-order valence-electron chi connectivity index (χ0n) is 11.1. The number of H-pyrrole nitrogens is 1. The van der Waals surface area contributed by atoms with Crippen LogP contribution in [0.4, 0.5) is 0 Å². The summed E-state index contributed by atoms with van der Waals surface area (Å²) in [5.41, 5.74) is 2.12. The van der Waals surface area contributed by atoms with Crippen LogP contribution in [0.1, 0.15) is 5.56 Å². The lowest BCUT2D eigenvalue weighted by Crippen LogP contribution is -2.24. The van der Waals surface area contributed by atoms with E-state index in [-0.39, 0.29) is 6.42 Å². The van der Waals surface area contributed by atoms with Crippen LogP contribution in [0.15, 0.2) is 24.5 Å². The van der Waals surface area contributed by atoms with Crippen LogP contribution in [0.5, 0.6) is 0 Å². The molecular weight excluding hydrogens is 276 g/mol. The molecule has 0 amide bonds. The minimum atomic E-state index is -0.990. The van der Waals surface area contributed by atoms with Gasteiger partial charge in [-0.1, -0.05) is 6.07 Å². The van der Waals surface area contributed by atoms with E-state index in [2.05, 4.69) is 25.6 Å². The van der Waals surface area contributed by atoms with Gasteiger partial charge in [-0.25, -0.2) is 9.78 Å². The molecule has 3 heterocycles. The Bertz CT molecular complexity index is 766. The number of methoxy groups -OCH3 is 1. The summed E-state index contributed by atoms with van der Waals surface area (Å²) >= 11 is 0. The number of tetrazole rings is 1. The van der Waals surface area contributed by atoms with E-state index in [4.69, 9.17) is 9.84 Å². The molecule has 0 spiro atoms. The Hall–Kier alpha value is -2.81. The number of nitrogens with one attached hydrogen (secondary N) is 1. The standard InChI is InChI=1S/C12H12N6O3/c1-21-9(12(19)20)4-7-2-3-10-13-8(6-18(10)5-7)11-14-16-17-15-11/h2-3,5-6,9H,4H2,1H3,(H,19,20)(H,14,15,16,17). The lowest BCUT2D eigenvalue weighted by Gasteiger charge is -2.10. The predicted octanol–water partition coefficient (Wildman–Crippen LogP) is 0.156. The molecule has 0 aliphatic rings. The fraction of sp³-hybridized carbons (Fsp3) is 0.250. The van der Waals surface area contributed by atoms with Crippen LogP contribution in [0.25, 0.3) is 17.2 Å². The average Bonchev–Trinajstić information content (AvgIpc) is 3.12. The molecule has 0 fully saturated rings. The second-order valence-corrected chi connectivity index (χ2v) is 4.43. The number of hydrogen-bond donors (Lipinski definition) is 2. The van der Waals surface area contributed by atoms with Crippen molar-refractivity contribution in [1.29, 1.82) is 0 Å². The van der Waals surface area contributed by atoms with Gasteiger partial charge in [-0.2, -0.15) is 5.21 Å². The summed E-state index contributed by atoms with van der Waals surface area (Å²) in [6.07, 6.45) is 2.97. The number of hydrogen-bond acceptors (Lipinski definition) is 6. The normalized spacial score (nSPS) is 12.6. The van der Waals surface area contributed by atoms with E-state index < -0.39 is 12.1 Å². The van der Waals surface area contributed by atoms with Crippen LogP contribution in [0, 0.1) is 0 Å². The van der Waals surface area contributed by atoms with E-state index in [0.29, 0.717) is 17.2 Å². The van der Waals surface area contributed by atoms with Crippen LogP contribution in [-0.2, 0) is 16.0 Å². The van der Waals surface area contributed by atoms with Crippen molar-refractivity contribution < 1.29 is 14.6 Å². The minimum absolute atomic E-state index is 0.275. The van der Waals surface area contributed by atoms with E-state index in [9.17, 15) is 4.79 Å². The fourth-order valence-electron chi connectivity index (χ4n) is 2.02. The first kappa shape index (κ1) is 13.2. The number of aliphatic carboxylic acids is 1. The summed E-state index contributed by atoms with van der Waals surface area (Å²) in [6, 6.07) is 3.62. The number of aromatic amines is 1. The highest BCUT2D eigenvalue weighted by molar-refractivity contribution is 5.72. The van der Waals surface area contributed by atoms with Crippen molar-refractivity contribution in [3.8, 4) is 11.5 Å². The fourth-order valence-corrected chi connectivity index (χ4v) is 2.02. The molecule has 3 rings (SSSR count). The van der Waals surface area contributed by atoms with Crippen molar-refractivity contribution in [3.63, 3.8) is 0 Å². The average molecular weight is 288 g/mol. The number of ether oxygens (including phenoxy) is 1. The Labute approximate surface area is 118 Å². The van der Waals surface area contributed by atoms with Crippen LogP contribution >= 0.6 is 0 Å². The molecule has 21 heavy (non-hydrogen) atoms. The van der Waals surface area contributed by atoms with E-state index >= 15 is 0 Å². The van der Waals surface area contributed by atoms with Crippen molar-refractivity contribution in [2.24, 2.45) is 0 Å². The second-order valence-electron chi connectivity index (χ2n) is 4.43. The van der Waals surface area contributed by atoms with Crippen molar-refractivity contribution in [2.45, 2.75) is 12.5 Å². The Balaban J connectivity index is 1.91. The molecule has 3 aromatic rings. The molecule has 0 bridgehead atoms. The highest BCUT2D eigenvalue weighted by Gasteiger charge is 2.17. The number of nitrogens with zero attached hydrogens (tertiary/aromatic N) is 5. The first-order chi connectivity index (χ1) is 10.2. The monoisotopic (exact) mass is 288 g/mol. The first-order valence-electron chi connectivity index (χ1n) is 6.14. The van der Waals surface area contributed by atoms with E-state index in [1.807, 2.05) is 6.07 Å². The maximum Gasteiger partial charge on any atom is 0.333 e. The first-order valence-corrected chi connectivity index (χ1v) is 6.14. The van der Waals surface area contributed by atoms with Gasteiger partial charge in [0.1, 0.15) is 11.3 Å². The number of carbonyl (C=O) groups is 1. The number of fused-ring (bicyclic) bond motifs is 1. The number of imidazole rings is 1. The molecule has 1 unspecified atom stereocenters. The number of pyridine rings is 1. The van der Waals surface area contributed by atoms with Crippen LogP contribution in [-0.4, -0.2) is 54.3 Å². The van der Waals surface area contributed by atoms with E-state index in [1.54, 1.807) is 22.9 Å². The van der Waals surface area contributed by atoms with Gasteiger partial charge >= 0.3 is 5.97 Å². The lowest BCUT2D eigenvalue weighted by molar-refractivity contribution is -0.148. The molecule has 9 heteroatoms. The minimum Gasteiger partial charge on any atom is -0.479 e. The Morgan fingerprint density at radius 2 is 2.33 bits per heavy atom.